The molecular weight excluding hydrogens is 437 g/mol. The second-order valence-corrected chi connectivity index (χ2v) is 9.35. The van der Waals surface area contributed by atoms with Gasteiger partial charge in [-0.3, -0.25) is 4.98 Å². The van der Waals surface area contributed by atoms with Gasteiger partial charge in [-0.2, -0.15) is 0 Å². The maximum atomic E-state index is 14.9. The third-order valence-electron chi connectivity index (χ3n) is 6.58. The molecule has 1 aliphatic carbocycles. The topological polar surface area (TPSA) is 64.5 Å². The van der Waals surface area contributed by atoms with E-state index >= 15 is 0 Å². The Hall–Kier alpha value is -2.99. The van der Waals surface area contributed by atoms with Gasteiger partial charge in [-0.15, -0.1) is 0 Å². The van der Waals surface area contributed by atoms with Crippen molar-refractivity contribution in [3.8, 4) is 11.3 Å². The molecule has 2 atom stereocenters. The van der Waals surface area contributed by atoms with Crippen LogP contribution in [-0.4, -0.2) is 24.9 Å². The zero-order chi connectivity index (χ0) is 23.1. The molecule has 2 unspecified atom stereocenters. The molecule has 0 bridgehead atoms. The average Bonchev–Trinajstić information content (AvgIpc) is 2.80. The molecule has 168 valence electrons. The Morgan fingerprint density at radius 2 is 1.70 bits per heavy atom. The van der Waals surface area contributed by atoms with Crippen LogP contribution in [0.25, 0.3) is 22.4 Å². The first-order valence-electron chi connectivity index (χ1n) is 11.3. The minimum Gasteiger partial charge on any atom is -0.262 e. The average molecular weight is 462 g/mol. The number of nitrogens with zero attached hydrogens (tertiary/aromatic N) is 5. The van der Waals surface area contributed by atoms with Crippen molar-refractivity contribution in [3.63, 3.8) is 0 Å². The number of hydrogen-bond donors (Lipinski definition) is 0. The van der Waals surface area contributed by atoms with Crippen molar-refractivity contribution >= 4 is 22.8 Å². The number of halogens is 2. The van der Waals surface area contributed by atoms with Gasteiger partial charge in [0.25, 0.3) is 0 Å². The third kappa shape index (κ3) is 4.32. The zero-order valence-corrected chi connectivity index (χ0v) is 19.7. The summed E-state index contributed by atoms with van der Waals surface area (Å²) in [5, 5.41) is 0.343. The van der Waals surface area contributed by atoms with Crippen LogP contribution in [0, 0.1) is 26.6 Å². The highest BCUT2D eigenvalue weighted by Crippen LogP contribution is 2.41. The van der Waals surface area contributed by atoms with Gasteiger partial charge in [0, 0.05) is 28.4 Å². The Kier molecular flexibility index (Phi) is 5.79. The van der Waals surface area contributed by atoms with Crippen molar-refractivity contribution in [3.05, 3.63) is 75.8 Å². The van der Waals surface area contributed by atoms with Crippen molar-refractivity contribution in [1.82, 2.24) is 24.9 Å². The molecule has 0 radical (unpaired) electrons. The smallest absolute Gasteiger partial charge is 0.182 e. The highest BCUT2D eigenvalue weighted by Gasteiger charge is 2.28. The molecule has 0 N–H and O–H groups in total. The van der Waals surface area contributed by atoms with Gasteiger partial charge in [0.1, 0.15) is 22.9 Å². The summed E-state index contributed by atoms with van der Waals surface area (Å²) in [6.07, 6.45) is 6.03. The fourth-order valence-electron chi connectivity index (χ4n) is 4.73. The zero-order valence-electron chi connectivity index (χ0n) is 18.9. The van der Waals surface area contributed by atoms with E-state index in [0.29, 0.717) is 39.2 Å². The predicted molar refractivity (Wildman–Crippen MR) is 128 cm³/mol. The molecule has 3 aromatic heterocycles. The predicted octanol–water partition coefficient (Wildman–Crippen LogP) is 6.64. The highest BCUT2D eigenvalue weighted by atomic mass is 35.5. The molecule has 4 aromatic rings. The van der Waals surface area contributed by atoms with Crippen LogP contribution in [0.5, 0.6) is 0 Å². The number of benzene rings is 1. The van der Waals surface area contributed by atoms with Gasteiger partial charge in [0.2, 0.25) is 0 Å². The molecule has 1 fully saturated rings. The van der Waals surface area contributed by atoms with Gasteiger partial charge in [0.15, 0.2) is 5.65 Å². The first-order valence-corrected chi connectivity index (χ1v) is 11.7. The number of aryl methyl sites for hydroxylation is 3. The normalized spacial score (nSPS) is 18.6. The Morgan fingerprint density at radius 3 is 2.48 bits per heavy atom. The second kappa shape index (κ2) is 8.75. The van der Waals surface area contributed by atoms with Gasteiger partial charge < -0.3 is 0 Å². The standard InChI is InChI=1S/C26H25ClFN5/c1-14-11-18(9-10-29-14)17-5-4-6-19(12-17)25-32-23(21-8-7-20(27)13-22(21)28)24-26(33-25)31-16(3)15(2)30-24/h7-11,13,17,19H,4-6,12H2,1-3H3. The van der Waals surface area contributed by atoms with Gasteiger partial charge in [-0.25, -0.2) is 24.3 Å². The van der Waals surface area contributed by atoms with E-state index in [4.69, 9.17) is 21.6 Å². The summed E-state index contributed by atoms with van der Waals surface area (Å²) in [6.45, 7) is 5.82. The van der Waals surface area contributed by atoms with Crippen molar-refractivity contribution in [2.75, 3.05) is 0 Å². The largest absolute Gasteiger partial charge is 0.262 e. The molecule has 1 saturated carbocycles. The summed E-state index contributed by atoms with van der Waals surface area (Å²) in [5.41, 5.74) is 5.78. The van der Waals surface area contributed by atoms with E-state index in [-0.39, 0.29) is 5.92 Å². The summed E-state index contributed by atoms with van der Waals surface area (Å²) < 4.78 is 14.9. The molecule has 1 aliphatic rings. The van der Waals surface area contributed by atoms with Crippen LogP contribution < -0.4 is 0 Å². The van der Waals surface area contributed by atoms with Crippen LogP contribution >= 0.6 is 11.6 Å². The number of rotatable bonds is 3. The monoisotopic (exact) mass is 461 g/mol. The van der Waals surface area contributed by atoms with Gasteiger partial charge in [0.05, 0.1) is 11.4 Å². The molecule has 3 heterocycles. The van der Waals surface area contributed by atoms with Crippen LogP contribution in [0.15, 0.2) is 36.5 Å². The molecule has 0 spiro atoms. The lowest BCUT2D eigenvalue weighted by molar-refractivity contribution is 0.383. The third-order valence-corrected chi connectivity index (χ3v) is 6.81. The Labute approximate surface area is 197 Å². The lowest BCUT2D eigenvalue weighted by Gasteiger charge is -2.29. The summed E-state index contributed by atoms with van der Waals surface area (Å²) in [4.78, 5) is 23.4. The fraction of sp³-hybridized carbons (Fsp3) is 0.346. The van der Waals surface area contributed by atoms with E-state index in [1.54, 1.807) is 12.1 Å². The summed E-state index contributed by atoms with van der Waals surface area (Å²) in [6, 6.07) is 8.91. The minimum absolute atomic E-state index is 0.166. The van der Waals surface area contributed by atoms with E-state index in [1.165, 1.54) is 11.6 Å². The second-order valence-electron chi connectivity index (χ2n) is 8.91. The van der Waals surface area contributed by atoms with E-state index < -0.39 is 5.82 Å². The molecular formula is C26H25ClFN5. The molecule has 33 heavy (non-hydrogen) atoms. The van der Waals surface area contributed by atoms with E-state index in [2.05, 4.69) is 27.1 Å². The summed E-state index contributed by atoms with van der Waals surface area (Å²) in [7, 11) is 0. The van der Waals surface area contributed by atoms with Crippen LogP contribution in [0.4, 0.5) is 4.39 Å². The van der Waals surface area contributed by atoms with Crippen molar-refractivity contribution < 1.29 is 4.39 Å². The molecule has 0 amide bonds. The molecule has 0 saturated heterocycles. The Morgan fingerprint density at radius 1 is 0.909 bits per heavy atom. The lowest BCUT2D eigenvalue weighted by Crippen LogP contribution is -2.16. The maximum absolute atomic E-state index is 14.9. The van der Waals surface area contributed by atoms with Crippen molar-refractivity contribution in [1.29, 1.82) is 0 Å². The lowest BCUT2D eigenvalue weighted by atomic mass is 9.77. The minimum atomic E-state index is -0.428. The molecule has 5 rings (SSSR count). The van der Waals surface area contributed by atoms with Crippen LogP contribution in [0.1, 0.15) is 66.0 Å². The van der Waals surface area contributed by atoms with Gasteiger partial charge in [-0.1, -0.05) is 18.0 Å². The number of pyridine rings is 1. The van der Waals surface area contributed by atoms with E-state index in [0.717, 1.165) is 42.8 Å². The molecule has 5 nitrogen and oxygen atoms in total. The molecule has 7 heteroatoms. The molecule has 0 aliphatic heterocycles. The van der Waals surface area contributed by atoms with Crippen molar-refractivity contribution in [2.45, 2.75) is 58.3 Å². The van der Waals surface area contributed by atoms with Crippen LogP contribution in [-0.2, 0) is 0 Å². The summed E-state index contributed by atoms with van der Waals surface area (Å²) >= 11 is 6.00. The van der Waals surface area contributed by atoms with Crippen LogP contribution in [0.3, 0.4) is 0 Å². The quantitative estimate of drug-likeness (QED) is 0.342. The number of hydrogen-bond acceptors (Lipinski definition) is 5. The highest BCUT2D eigenvalue weighted by molar-refractivity contribution is 6.30. The number of fused-ring (bicyclic) bond motifs is 1. The first-order chi connectivity index (χ1) is 15.9. The Balaban J connectivity index is 1.62. The first kappa shape index (κ1) is 21.8. The van der Waals surface area contributed by atoms with Crippen LogP contribution in [0.2, 0.25) is 5.02 Å². The molecule has 1 aromatic carbocycles. The van der Waals surface area contributed by atoms with E-state index in [1.807, 2.05) is 27.0 Å². The Bertz CT molecular complexity index is 1360. The van der Waals surface area contributed by atoms with Gasteiger partial charge >= 0.3 is 0 Å². The van der Waals surface area contributed by atoms with Crippen molar-refractivity contribution in [2.24, 2.45) is 0 Å². The van der Waals surface area contributed by atoms with Gasteiger partial charge in [-0.05, 0) is 81.8 Å². The fourth-order valence-corrected chi connectivity index (χ4v) is 4.89. The summed E-state index contributed by atoms with van der Waals surface area (Å²) in [5.74, 6) is 0.868. The maximum Gasteiger partial charge on any atom is 0.182 e. The number of aromatic nitrogens is 5. The SMILES string of the molecule is Cc1cc(C2CCCC(c3nc(-c4ccc(Cl)cc4F)c4nc(C)c(C)nc4n3)C2)ccn1. The van der Waals surface area contributed by atoms with E-state index in [9.17, 15) is 4.39 Å².